The molecule has 0 aliphatic carbocycles. The lowest BCUT2D eigenvalue weighted by molar-refractivity contribution is 0.496. The topological polar surface area (TPSA) is 108 Å². The van der Waals surface area contributed by atoms with Gasteiger partial charge in [-0.1, -0.05) is 24.1 Å². The van der Waals surface area contributed by atoms with Crippen molar-refractivity contribution in [3.63, 3.8) is 0 Å². The van der Waals surface area contributed by atoms with E-state index in [1.165, 1.54) is 4.68 Å². The highest BCUT2D eigenvalue weighted by atomic mass is 16.1. The van der Waals surface area contributed by atoms with E-state index < -0.39 is 0 Å². The summed E-state index contributed by atoms with van der Waals surface area (Å²) < 4.78 is 3.27. The molecule has 1 unspecified atom stereocenters. The zero-order valence-electron chi connectivity index (χ0n) is 17.9. The Balaban J connectivity index is 1.58. The van der Waals surface area contributed by atoms with E-state index in [0.717, 1.165) is 36.2 Å². The molecule has 0 amide bonds. The van der Waals surface area contributed by atoms with Crippen LogP contribution in [0.2, 0.25) is 0 Å². The number of nitrogens with zero attached hydrogens (tertiary/aromatic N) is 7. The molecular weight excluding hydrogens is 404 g/mol. The molecule has 9 heteroatoms. The van der Waals surface area contributed by atoms with Gasteiger partial charge in [-0.2, -0.15) is 5.10 Å². The number of rotatable bonds is 4. The quantitative estimate of drug-likeness (QED) is 0.491. The van der Waals surface area contributed by atoms with Crippen LogP contribution in [0.15, 0.2) is 41.5 Å². The highest BCUT2D eigenvalue weighted by Crippen LogP contribution is 2.23. The van der Waals surface area contributed by atoms with Crippen LogP contribution < -0.4 is 16.2 Å². The second-order valence-electron chi connectivity index (χ2n) is 7.96. The first-order valence-electron chi connectivity index (χ1n) is 10.7. The lowest BCUT2D eigenvalue weighted by Crippen LogP contribution is -2.44. The zero-order chi connectivity index (χ0) is 22.1. The van der Waals surface area contributed by atoms with Crippen LogP contribution in [0.25, 0.3) is 21.9 Å². The molecule has 2 N–H and O–H groups in total. The van der Waals surface area contributed by atoms with Gasteiger partial charge in [-0.3, -0.25) is 9.36 Å². The average Bonchev–Trinajstić information content (AvgIpc) is 3.19. The van der Waals surface area contributed by atoms with Gasteiger partial charge in [0, 0.05) is 30.7 Å². The fourth-order valence-corrected chi connectivity index (χ4v) is 4.15. The lowest BCUT2D eigenvalue weighted by Gasteiger charge is -2.31. The molecule has 3 aromatic heterocycles. The lowest BCUT2D eigenvalue weighted by atomic mass is 10.1. The Morgan fingerprint density at radius 2 is 2.06 bits per heavy atom. The maximum absolute atomic E-state index is 13.4. The molecule has 1 aliphatic rings. The summed E-state index contributed by atoms with van der Waals surface area (Å²) in [4.78, 5) is 29.3. The molecule has 32 heavy (non-hydrogen) atoms. The molecule has 9 nitrogen and oxygen atoms in total. The summed E-state index contributed by atoms with van der Waals surface area (Å²) in [6.45, 7) is 3.89. The van der Waals surface area contributed by atoms with Gasteiger partial charge in [0.25, 0.3) is 5.56 Å². The van der Waals surface area contributed by atoms with Gasteiger partial charge in [0.2, 0.25) is 5.95 Å². The van der Waals surface area contributed by atoms with Crippen molar-refractivity contribution >= 4 is 27.9 Å². The largest absolute Gasteiger partial charge is 0.341 e. The van der Waals surface area contributed by atoms with Crippen molar-refractivity contribution in [2.45, 2.75) is 38.9 Å². The average molecular weight is 429 g/mol. The van der Waals surface area contributed by atoms with Crippen LogP contribution in [0.3, 0.4) is 0 Å². The van der Waals surface area contributed by atoms with Crippen molar-refractivity contribution in [3.05, 3.63) is 52.8 Å². The molecule has 1 saturated heterocycles. The summed E-state index contributed by atoms with van der Waals surface area (Å²) in [6.07, 6.45) is 5.37. The summed E-state index contributed by atoms with van der Waals surface area (Å²) in [5.41, 5.74) is 7.82. The molecule has 0 radical (unpaired) electrons. The SMILES string of the molecule is CC#CCn1c(N2CCCC(N)C2)nc2cnn(Cc3ncc4ccccc4n3)c(=O)c21. The molecule has 4 heterocycles. The summed E-state index contributed by atoms with van der Waals surface area (Å²) in [5, 5.41) is 5.30. The fourth-order valence-electron chi connectivity index (χ4n) is 4.15. The third kappa shape index (κ3) is 3.69. The predicted octanol–water partition coefficient (Wildman–Crippen LogP) is 1.54. The standard InChI is InChI=1S/C23H24N8O/c1-2-3-11-30-21-19(28-23(30)29-10-6-8-17(24)14-29)13-26-31(22(21)32)15-20-25-12-16-7-4-5-9-18(16)27-20/h4-5,7,9,12-13,17H,6,8,10-11,14-15,24H2,1H3. The molecule has 0 spiro atoms. The Morgan fingerprint density at radius 3 is 2.91 bits per heavy atom. The molecule has 0 saturated carbocycles. The van der Waals surface area contributed by atoms with Gasteiger partial charge in [-0.05, 0) is 25.8 Å². The summed E-state index contributed by atoms with van der Waals surface area (Å²) in [6, 6.07) is 7.84. The van der Waals surface area contributed by atoms with Gasteiger partial charge in [0.05, 0.1) is 18.3 Å². The Kier molecular flexibility index (Phi) is 5.29. The second kappa shape index (κ2) is 8.40. The summed E-state index contributed by atoms with van der Waals surface area (Å²) >= 11 is 0. The third-order valence-electron chi connectivity index (χ3n) is 5.72. The molecule has 5 rings (SSSR count). The van der Waals surface area contributed by atoms with E-state index in [-0.39, 0.29) is 18.1 Å². The van der Waals surface area contributed by atoms with Crippen molar-refractivity contribution in [2.24, 2.45) is 5.73 Å². The van der Waals surface area contributed by atoms with E-state index in [1.807, 2.05) is 28.8 Å². The van der Waals surface area contributed by atoms with E-state index in [2.05, 4.69) is 31.8 Å². The minimum atomic E-state index is -0.239. The Labute approximate surface area is 184 Å². The van der Waals surface area contributed by atoms with Gasteiger partial charge >= 0.3 is 0 Å². The number of aromatic nitrogens is 6. The number of hydrogen-bond acceptors (Lipinski definition) is 7. The van der Waals surface area contributed by atoms with Crippen molar-refractivity contribution in [3.8, 4) is 11.8 Å². The normalized spacial score (nSPS) is 16.3. The van der Waals surface area contributed by atoms with Crippen LogP contribution in [-0.2, 0) is 13.1 Å². The Bertz CT molecular complexity index is 1410. The predicted molar refractivity (Wildman–Crippen MR) is 123 cm³/mol. The molecule has 0 bridgehead atoms. The maximum Gasteiger partial charge on any atom is 0.293 e. The zero-order valence-corrected chi connectivity index (χ0v) is 17.9. The minimum absolute atomic E-state index is 0.0918. The highest BCUT2D eigenvalue weighted by molar-refractivity contribution is 5.78. The van der Waals surface area contributed by atoms with E-state index in [9.17, 15) is 4.79 Å². The molecule has 1 aromatic carbocycles. The van der Waals surface area contributed by atoms with E-state index in [0.29, 0.717) is 29.9 Å². The van der Waals surface area contributed by atoms with Crippen LogP contribution in [0.1, 0.15) is 25.6 Å². The fraction of sp³-hybridized carbons (Fsp3) is 0.348. The number of anilines is 1. The van der Waals surface area contributed by atoms with Gasteiger partial charge < -0.3 is 10.6 Å². The number of para-hydroxylation sites is 1. The third-order valence-corrected chi connectivity index (χ3v) is 5.72. The van der Waals surface area contributed by atoms with Gasteiger partial charge in [0.1, 0.15) is 17.6 Å². The van der Waals surface area contributed by atoms with Crippen LogP contribution in [0, 0.1) is 11.8 Å². The van der Waals surface area contributed by atoms with Crippen molar-refractivity contribution < 1.29 is 0 Å². The number of imidazole rings is 1. The van der Waals surface area contributed by atoms with Crippen molar-refractivity contribution in [1.82, 2.24) is 29.3 Å². The van der Waals surface area contributed by atoms with Crippen molar-refractivity contribution in [2.75, 3.05) is 18.0 Å². The van der Waals surface area contributed by atoms with E-state index in [4.69, 9.17) is 10.7 Å². The number of fused-ring (bicyclic) bond motifs is 2. The molecule has 1 atom stereocenters. The molecule has 4 aromatic rings. The number of benzene rings is 1. The number of hydrogen-bond donors (Lipinski definition) is 1. The first kappa shape index (κ1) is 20.2. The van der Waals surface area contributed by atoms with Crippen LogP contribution in [0.4, 0.5) is 5.95 Å². The van der Waals surface area contributed by atoms with Crippen molar-refractivity contribution in [1.29, 1.82) is 0 Å². The summed E-state index contributed by atoms with van der Waals surface area (Å²) in [7, 11) is 0. The molecule has 1 aliphatic heterocycles. The maximum atomic E-state index is 13.4. The van der Waals surface area contributed by atoms with Gasteiger partial charge in [-0.25, -0.2) is 19.6 Å². The first-order chi connectivity index (χ1) is 15.6. The minimum Gasteiger partial charge on any atom is -0.341 e. The number of nitrogens with two attached hydrogens (primary N) is 1. The van der Waals surface area contributed by atoms with Gasteiger partial charge in [-0.15, -0.1) is 5.92 Å². The smallest absolute Gasteiger partial charge is 0.293 e. The Hall–Kier alpha value is -3.77. The molecular formula is C23H24N8O. The summed E-state index contributed by atoms with van der Waals surface area (Å²) in [5.74, 6) is 7.23. The second-order valence-corrected chi connectivity index (χ2v) is 7.96. The van der Waals surface area contributed by atoms with Gasteiger partial charge in [0.15, 0.2) is 5.82 Å². The van der Waals surface area contributed by atoms with E-state index in [1.54, 1.807) is 19.3 Å². The highest BCUT2D eigenvalue weighted by Gasteiger charge is 2.24. The van der Waals surface area contributed by atoms with E-state index >= 15 is 0 Å². The Morgan fingerprint density at radius 1 is 1.19 bits per heavy atom. The van der Waals surface area contributed by atoms with Crippen LogP contribution >= 0.6 is 0 Å². The molecule has 162 valence electrons. The monoisotopic (exact) mass is 428 g/mol. The number of piperidine rings is 1. The van der Waals surface area contributed by atoms with Crippen LogP contribution in [0.5, 0.6) is 0 Å². The first-order valence-corrected chi connectivity index (χ1v) is 10.7. The van der Waals surface area contributed by atoms with Crippen LogP contribution in [-0.4, -0.2) is 48.4 Å². The molecule has 1 fully saturated rings.